The number of hydrogen-bond donors (Lipinski definition) is 2. The molecule has 1 heterocycles. The first-order valence-corrected chi connectivity index (χ1v) is 7.98. The van der Waals surface area contributed by atoms with Crippen molar-refractivity contribution in [2.45, 2.75) is 9.24 Å². The van der Waals surface area contributed by atoms with Gasteiger partial charge in [0.2, 0.25) is 5.91 Å². The number of nitrogen functional groups attached to an aromatic ring is 1. The fourth-order valence-corrected chi connectivity index (χ4v) is 4.35. The molecule has 1 amide bonds. The van der Waals surface area contributed by atoms with Crippen LogP contribution in [0.3, 0.4) is 0 Å². The minimum atomic E-state index is -0.562. The Balaban J connectivity index is 2.06. The van der Waals surface area contributed by atoms with E-state index in [0.717, 1.165) is 14.6 Å². The van der Waals surface area contributed by atoms with Gasteiger partial charge in [-0.2, -0.15) is 0 Å². The van der Waals surface area contributed by atoms with E-state index in [-0.39, 0.29) is 0 Å². The number of para-hydroxylation sites is 1. The molecule has 0 aliphatic heterocycles. The van der Waals surface area contributed by atoms with Gasteiger partial charge in [0.05, 0.1) is 20.8 Å². The molecule has 0 aliphatic carbocycles. The summed E-state index contributed by atoms with van der Waals surface area (Å²) < 4.78 is 1.87. The zero-order chi connectivity index (χ0) is 15.0. The lowest BCUT2D eigenvalue weighted by Crippen LogP contribution is -2.13. The van der Waals surface area contributed by atoms with E-state index in [1.165, 1.54) is 29.2 Å². The quantitative estimate of drug-likeness (QED) is 0.713. The van der Waals surface area contributed by atoms with Crippen molar-refractivity contribution < 1.29 is 4.79 Å². The second kappa shape index (κ2) is 5.55. The number of nitrogens with two attached hydrogens (primary N) is 2. The van der Waals surface area contributed by atoms with Gasteiger partial charge in [0, 0.05) is 10.6 Å². The lowest BCUT2D eigenvalue weighted by molar-refractivity contribution is 0.0997. The van der Waals surface area contributed by atoms with Crippen LogP contribution in [-0.4, -0.2) is 10.9 Å². The number of rotatable bonds is 3. The Hall–Kier alpha value is -1.76. The average Bonchev–Trinajstić information content (AvgIpc) is 2.83. The van der Waals surface area contributed by atoms with Crippen LogP contribution in [0.15, 0.2) is 45.6 Å². The Morgan fingerprint density at radius 1 is 1.29 bits per heavy atom. The Morgan fingerprint density at radius 2 is 2.05 bits per heavy atom. The first kappa shape index (κ1) is 14.2. The molecule has 0 atom stereocenters. The van der Waals surface area contributed by atoms with E-state index in [1.807, 2.05) is 24.3 Å². The van der Waals surface area contributed by atoms with Crippen LogP contribution in [0.1, 0.15) is 10.4 Å². The highest BCUT2D eigenvalue weighted by Gasteiger charge is 2.16. The third kappa shape index (κ3) is 2.83. The number of hydrogen-bond acceptors (Lipinski definition) is 5. The van der Waals surface area contributed by atoms with Crippen LogP contribution in [0, 0.1) is 0 Å². The molecule has 2 aromatic carbocycles. The highest BCUT2D eigenvalue weighted by molar-refractivity contribution is 8.01. The van der Waals surface area contributed by atoms with Gasteiger partial charge >= 0.3 is 0 Å². The van der Waals surface area contributed by atoms with Crippen LogP contribution in [0.5, 0.6) is 0 Å². The third-order valence-electron chi connectivity index (χ3n) is 2.80. The molecule has 0 saturated carbocycles. The van der Waals surface area contributed by atoms with Crippen LogP contribution in [0.4, 0.5) is 5.69 Å². The number of benzene rings is 2. The number of halogens is 1. The lowest BCUT2D eigenvalue weighted by atomic mass is 10.2. The molecule has 4 nitrogen and oxygen atoms in total. The summed E-state index contributed by atoms with van der Waals surface area (Å²) in [4.78, 5) is 16.7. The molecule has 0 unspecified atom stereocenters. The predicted octanol–water partition coefficient (Wildman–Crippen LogP) is 3.78. The first-order valence-electron chi connectivity index (χ1n) is 5.97. The van der Waals surface area contributed by atoms with Crippen molar-refractivity contribution in [3.05, 3.63) is 47.0 Å². The normalized spacial score (nSPS) is 10.9. The molecule has 0 bridgehead atoms. The number of aromatic nitrogens is 1. The van der Waals surface area contributed by atoms with Gasteiger partial charge < -0.3 is 11.5 Å². The van der Waals surface area contributed by atoms with Crippen molar-refractivity contribution >= 4 is 56.5 Å². The van der Waals surface area contributed by atoms with E-state index in [2.05, 4.69) is 4.98 Å². The largest absolute Gasteiger partial charge is 0.399 e. The van der Waals surface area contributed by atoms with E-state index in [4.69, 9.17) is 23.1 Å². The van der Waals surface area contributed by atoms with Gasteiger partial charge in [-0.1, -0.05) is 35.5 Å². The van der Waals surface area contributed by atoms with Crippen LogP contribution in [0.25, 0.3) is 10.2 Å². The van der Waals surface area contributed by atoms with Gasteiger partial charge in [0.15, 0.2) is 4.34 Å². The van der Waals surface area contributed by atoms with Crippen LogP contribution < -0.4 is 11.5 Å². The maximum absolute atomic E-state index is 11.6. The average molecular weight is 336 g/mol. The Bertz CT molecular complexity index is 814. The maximum Gasteiger partial charge on any atom is 0.249 e. The Morgan fingerprint density at radius 3 is 2.76 bits per heavy atom. The number of carbonyl (C=O) groups excluding carboxylic acids is 1. The molecule has 0 spiro atoms. The van der Waals surface area contributed by atoms with E-state index < -0.39 is 5.91 Å². The van der Waals surface area contributed by atoms with Gasteiger partial charge in [-0.3, -0.25) is 4.79 Å². The Kier molecular flexibility index (Phi) is 3.75. The maximum atomic E-state index is 11.6. The van der Waals surface area contributed by atoms with E-state index in [9.17, 15) is 4.79 Å². The zero-order valence-corrected chi connectivity index (χ0v) is 13.1. The van der Waals surface area contributed by atoms with Gasteiger partial charge in [-0.15, -0.1) is 11.3 Å². The van der Waals surface area contributed by atoms with Crippen molar-refractivity contribution in [1.82, 2.24) is 4.98 Å². The number of primary amides is 1. The highest BCUT2D eigenvalue weighted by atomic mass is 35.5. The molecule has 0 aliphatic rings. The fraction of sp³-hybridized carbons (Fsp3) is 0. The van der Waals surface area contributed by atoms with Gasteiger partial charge in [0.25, 0.3) is 0 Å². The first-order chi connectivity index (χ1) is 10.0. The molecular weight excluding hydrogens is 326 g/mol. The van der Waals surface area contributed by atoms with Crippen molar-refractivity contribution in [2.24, 2.45) is 5.73 Å². The predicted molar refractivity (Wildman–Crippen MR) is 88.1 cm³/mol. The molecule has 106 valence electrons. The molecule has 0 fully saturated rings. The number of anilines is 1. The van der Waals surface area contributed by atoms with Crippen LogP contribution >= 0.6 is 34.7 Å². The summed E-state index contributed by atoms with van der Waals surface area (Å²) in [5.41, 5.74) is 12.7. The summed E-state index contributed by atoms with van der Waals surface area (Å²) in [6.07, 6.45) is 0. The molecule has 1 aromatic heterocycles. The van der Waals surface area contributed by atoms with Gasteiger partial charge in [0.1, 0.15) is 0 Å². The summed E-state index contributed by atoms with van der Waals surface area (Å²) in [6, 6.07) is 11.0. The molecule has 0 saturated heterocycles. The van der Waals surface area contributed by atoms with Crippen molar-refractivity contribution in [3.8, 4) is 0 Å². The topological polar surface area (TPSA) is 82.0 Å². The number of carbonyl (C=O) groups is 1. The summed E-state index contributed by atoms with van der Waals surface area (Å²) in [6.45, 7) is 0. The fourth-order valence-electron chi connectivity index (χ4n) is 1.88. The second-order valence-electron chi connectivity index (χ2n) is 4.29. The lowest BCUT2D eigenvalue weighted by Gasteiger charge is -2.08. The molecule has 3 aromatic rings. The van der Waals surface area contributed by atoms with Crippen molar-refractivity contribution in [2.75, 3.05) is 5.73 Å². The molecule has 21 heavy (non-hydrogen) atoms. The monoisotopic (exact) mass is 335 g/mol. The van der Waals surface area contributed by atoms with Crippen molar-refractivity contribution in [1.29, 1.82) is 0 Å². The number of thiazole rings is 1. The third-order valence-corrected chi connectivity index (χ3v) is 5.45. The van der Waals surface area contributed by atoms with E-state index in [0.29, 0.717) is 21.2 Å². The minimum absolute atomic E-state index is 0.309. The summed E-state index contributed by atoms with van der Waals surface area (Å²) in [5, 5.41) is 0.396. The highest BCUT2D eigenvalue weighted by Crippen LogP contribution is 2.40. The number of amides is 1. The number of fused-ring (bicyclic) bond motifs is 1. The standard InChI is InChI=1S/C14H10ClN3OS2/c15-9-6-7(16)5-8(13(17)19)12(9)21-14-18-10-3-1-2-4-11(10)20-14/h1-6H,16H2,(H2,17,19). The summed E-state index contributed by atoms with van der Waals surface area (Å²) in [5.74, 6) is -0.562. The summed E-state index contributed by atoms with van der Waals surface area (Å²) >= 11 is 9.05. The molecular formula is C14H10ClN3OS2. The van der Waals surface area contributed by atoms with Gasteiger partial charge in [-0.25, -0.2) is 4.98 Å². The number of nitrogens with zero attached hydrogens (tertiary/aromatic N) is 1. The minimum Gasteiger partial charge on any atom is -0.399 e. The summed E-state index contributed by atoms with van der Waals surface area (Å²) in [7, 11) is 0. The van der Waals surface area contributed by atoms with Crippen LogP contribution in [-0.2, 0) is 0 Å². The molecule has 4 N–H and O–H groups in total. The molecule has 3 rings (SSSR count). The van der Waals surface area contributed by atoms with Crippen molar-refractivity contribution in [3.63, 3.8) is 0 Å². The SMILES string of the molecule is NC(=O)c1cc(N)cc(Cl)c1Sc1nc2ccccc2s1. The zero-order valence-electron chi connectivity index (χ0n) is 10.7. The Labute approximate surface area is 134 Å². The molecule has 0 radical (unpaired) electrons. The smallest absolute Gasteiger partial charge is 0.249 e. The second-order valence-corrected chi connectivity index (χ2v) is 6.99. The van der Waals surface area contributed by atoms with E-state index in [1.54, 1.807) is 6.07 Å². The van der Waals surface area contributed by atoms with Crippen LogP contribution in [0.2, 0.25) is 5.02 Å². The van der Waals surface area contributed by atoms with Gasteiger partial charge in [-0.05, 0) is 24.3 Å². The molecule has 7 heteroatoms. The van der Waals surface area contributed by atoms with E-state index >= 15 is 0 Å².